The van der Waals surface area contributed by atoms with E-state index in [-0.39, 0.29) is 0 Å². The number of rotatable bonds is 2. The first-order valence-corrected chi connectivity index (χ1v) is 5.68. The maximum atomic E-state index is 3.66. The molecule has 1 aliphatic rings. The van der Waals surface area contributed by atoms with Crippen molar-refractivity contribution in [3.05, 3.63) is 0 Å². The van der Waals surface area contributed by atoms with E-state index < -0.39 is 0 Å². The average molecular weight is 183 g/mol. The van der Waals surface area contributed by atoms with Crippen LogP contribution < -0.4 is 5.32 Å². The van der Waals surface area contributed by atoms with Crippen LogP contribution in [0.25, 0.3) is 0 Å². The van der Waals surface area contributed by atoms with Gasteiger partial charge in [-0.15, -0.1) is 0 Å². The van der Waals surface area contributed by atoms with Crippen LogP contribution in [0.1, 0.15) is 47.5 Å². The maximum Gasteiger partial charge on any atom is 0.0119 e. The molecular formula is C12H25N. The second kappa shape index (κ2) is 4.00. The van der Waals surface area contributed by atoms with E-state index in [1.165, 1.54) is 19.4 Å². The molecule has 0 amide bonds. The Balaban J connectivity index is 2.45. The van der Waals surface area contributed by atoms with Crippen LogP contribution in [0.2, 0.25) is 0 Å². The first-order chi connectivity index (χ1) is 5.95. The largest absolute Gasteiger partial charge is 0.313 e. The van der Waals surface area contributed by atoms with Crippen molar-refractivity contribution in [1.82, 2.24) is 5.32 Å². The minimum Gasteiger partial charge on any atom is -0.313 e. The summed E-state index contributed by atoms with van der Waals surface area (Å²) in [5.74, 6) is 1.80. The highest BCUT2D eigenvalue weighted by molar-refractivity contribution is 4.90. The van der Waals surface area contributed by atoms with Gasteiger partial charge in [-0.05, 0) is 30.2 Å². The number of hydrogen-bond donors (Lipinski definition) is 1. The van der Waals surface area contributed by atoms with Crippen LogP contribution in [0, 0.1) is 17.3 Å². The standard InChI is InChI=1S/C12H25N/c1-6-9(2)10-7-11(13-8-10)12(3,4)5/h9-11,13H,6-8H2,1-5H3/t9?,10-,11-/m0/s1. The Morgan fingerprint density at radius 2 is 2.00 bits per heavy atom. The van der Waals surface area contributed by atoms with Gasteiger partial charge >= 0.3 is 0 Å². The topological polar surface area (TPSA) is 12.0 Å². The van der Waals surface area contributed by atoms with Crippen LogP contribution in [0.5, 0.6) is 0 Å². The fraction of sp³-hybridized carbons (Fsp3) is 1.00. The van der Waals surface area contributed by atoms with Gasteiger partial charge in [-0.25, -0.2) is 0 Å². The molecule has 0 aliphatic carbocycles. The molecule has 13 heavy (non-hydrogen) atoms. The first kappa shape index (κ1) is 11.0. The molecule has 0 spiro atoms. The predicted molar refractivity (Wildman–Crippen MR) is 58.8 cm³/mol. The van der Waals surface area contributed by atoms with Crippen molar-refractivity contribution in [2.75, 3.05) is 6.54 Å². The molecular weight excluding hydrogens is 158 g/mol. The summed E-state index contributed by atoms with van der Waals surface area (Å²) in [6.45, 7) is 12.9. The van der Waals surface area contributed by atoms with E-state index in [1.54, 1.807) is 0 Å². The van der Waals surface area contributed by atoms with Gasteiger partial charge in [0.05, 0.1) is 0 Å². The minimum absolute atomic E-state index is 0.433. The normalized spacial score (nSPS) is 32.1. The Labute approximate surface area is 83.3 Å². The summed E-state index contributed by atoms with van der Waals surface area (Å²) in [6, 6.07) is 0.728. The summed E-state index contributed by atoms with van der Waals surface area (Å²) < 4.78 is 0. The van der Waals surface area contributed by atoms with Crippen molar-refractivity contribution in [3.63, 3.8) is 0 Å². The predicted octanol–water partition coefficient (Wildman–Crippen LogP) is 3.06. The Morgan fingerprint density at radius 1 is 1.38 bits per heavy atom. The summed E-state index contributed by atoms with van der Waals surface area (Å²) in [6.07, 6.45) is 2.70. The van der Waals surface area contributed by atoms with Crippen molar-refractivity contribution < 1.29 is 0 Å². The molecule has 1 heterocycles. The summed E-state index contributed by atoms with van der Waals surface area (Å²) in [7, 11) is 0. The maximum absolute atomic E-state index is 3.66. The summed E-state index contributed by atoms with van der Waals surface area (Å²) in [4.78, 5) is 0. The first-order valence-electron chi connectivity index (χ1n) is 5.68. The molecule has 1 rings (SSSR count). The van der Waals surface area contributed by atoms with Crippen LogP contribution in [0.4, 0.5) is 0 Å². The van der Waals surface area contributed by atoms with Crippen LogP contribution in [-0.2, 0) is 0 Å². The Bertz CT molecular complexity index is 157. The van der Waals surface area contributed by atoms with Gasteiger partial charge in [0.25, 0.3) is 0 Å². The molecule has 1 nitrogen and oxygen atoms in total. The van der Waals surface area contributed by atoms with Crippen LogP contribution >= 0.6 is 0 Å². The van der Waals surface area contributed by atoms with Crippen molar-refractivity contribution >= 4 is 0 Å². The van der Waals surface area contributed by atoms with E-state index in [4.69, 9.17) is 0 Å². The zero-order valence-electron chi connectivity index (χ0n) is 9.85. The third-order valence-electron chi connectivity index (χ3n) is 3.66. The fourth-order valence-corrected chi connectivity index (χ4v) is 2.19. The Kier molecular flexibility index (Phi) is 3.39. The smallest absolute Gasteiger partial charge is 0.0119 e. The molecule has 0 aromatic rings. The van der Waals surface area contributed by atoms with Crippen molar-refractivity contribution in [3.8, 4) is 0 Å². The third kappa shape index (κ3) is 2.70. The van der Waals surface area contributed by atoms with E-state index in [1.807, 2.05) is 0 Å². The van der Waals surface area contributed by atoms with Crippen molar-refractivity contribution in [1.29, 1.82) is 0 Å². The van der Waals surface area contributed by atoms with Gasteiger partial charge in [0.15, 0.2) is 0 Å². The second-order valence-corrected chi connectivity index (χ2v) is 5.71. The Morgan fingerprint density at radius 3 is 2.38 bits per heavy atom. The fourth-order valence-electron chi connectivity index (χ4n) is 2.19. The van der Waals surface area contributed by atoms with Gasteiger partial charge in [0, 0.05) is 6.04 Å². The number of hydrogen-bond acceptors (Lipinski definition) is 1. The molecule has 1 aliphatic heterocycles. The monoisotopic (exact) mass is 183 g/mol. The van der Waals surface area contributed by atoms with E-state index in [0.717, 1.165) is 17.9 Å². The van der Waals surface area contributed by atoms with E-state index >= 15 is 0 Å². The average Bonchev–Trinajstić information content (AvgIpc) is 2.50. The highest BCUT2D eigenvalue weighted by atomic mass is 15.0. The summed E-state index contributed by atoms with van der Waals surface area (Å²) in [5, 5.41) is 3.66. The van der Waals surface area contributed by atoms with E-state index in [2.05, 4.69) is 39.9 Å². The quantitative estimate of drug-likeness (QED) is 0.694. The van der Waals surface area contributed by atoms with Crippen LogP contribution in [-0.4, -0.2) is 12.6 Å². The molecule has 0 bridgehead atoms. The Hall–Kier alpha value is -0.0400. The van der Waals surface area contributed by atoms with Crippen molar-refractivity contribution in [2.24, 2.45) is 17.3 Å². The van der Waals surface area contributed by atoms with Gasteiger partial charge in [-0.3, -0.25) is 0 Å². The van der Waals surface area contributed by atoms with Gasteiger partial charge < -0.3 is 5.32 Å². The van der Waals surface area contributed by atoms with Gasteiger partial charge in [0.2, 0.25) is 0 Å². The second-order valence-electron chi connectivity index (χ2n) is 5.71. The lowest BCUT2D eigenvalue weighted by Crippen LogP contribution is -2.34. The molecule has 3 atom stereocenters. The molecule has 1 unspecified atom stereocenters. The minimum atomic E-state index is 0.433. The van der Waals surface area contributed by atoms with Gasteiger partial charge in [-0.1, -0.05) is 41.0 Å². The highest BCUT2D eigenvalue weighted by Gasteiger charge is 2.34. The number of nitrogens with one attached hydrogen (secondary N) is 1. The van der Waals surface area contributed by atoms with Gasteiger partial charge in [0.1, 0.15) is 0 Å². The summed E-state index contributed by atoms with van der Waals surface area (Å²) in [5.41, 5.74) is 0.433. The molecule has 0 saturated carbocycles. The molecule has 1 fully saturated rings. The zero-order valence-corrected chi connectivity index (χ0v) is 9.85. The molecule has 0 aromatic heterocycles. The molecule has 78 valence electrons. The third-order valence-corrected chi connectivity index (χ3v) is 3.66. The lowest BCUT2D eigenvalue weighted by molar-refractivity contribution is 0.278. The van der Waals surface area contributed by atoms with E-state index in [0.29, 0.717) is 5.41 Å². The molecule has 0 radical (unpaired) electrons. The highest BCUT2D eigenvalue weighted by Crippen LogP contribution is 2.32. The lowest BCUT2D eigenvalue weighted by atomic mass is 9.81. The molecule has 1 N–H and O–H groups in total. The molecule has 0 aromatic carbocycles. The van der Waals surface area contributed by atoms with Crippen molar-refractivity contribution in [2.45, 2.75) is 53.5 Å². The lowest BCUT2D eigenvalue weighted by Gasteiger charge is -2.27. The van der Waals surface area contributed by atoms with Gasteiger partial charge in [-0.2, -0.15) is 0 Å². The molecule has 1 saturated heterocycles. The molecule has 1 heteroatoms. The SMILES string of the molecule is CCC(C)[C@@H]1CN[C@H](C(C)(C)C)C1. The van der Waals surface area contributed by atoms with Crippen LogP contribution in [0.3, 0.4) is 0 Å². The van der Waals surface area contributed by atoms with E-state index in [9.17, 15) is 0 Å². The zero-order chi connectivity index (χ0) is 10.1. The summed E-state index contributed by atoms with van der Waals surface area (Å²) >= 11 is 0. The van der Waals surface area contributed by atoms with Crippen LogP contribution in [0.15, 0.2) is 0 Å².